The highest BCUT2D eigenvalue weighted by atomic mass is 16.6. The highest BCUT2D eigenvalue weighted by Gasteiger charge is 2.16. The number of nitrogens with one attached hydrogen (secondary N) is 2. The lowest BCUT2D eigenvalue weighted by atomic mass is 10.2. The molecule has 0 atom stereocenters. The smallest absolute Gasteiger partial charge is 0.412 e. The maximum absolute atomic E-state index is 11.5. The molecule has 0 saturated heterocycles. The van der Waals surface area contributed by atoms with E-state index in [1.54, 1.807) is 76.2 Å². The minimum Gasteiger partial charge on any atom is -0.458 e. The predicted octanol–water partition coefficient (Wildman–Crippen LogP) is 4.07. The molecule has 0 unspecified atom stereocenters. The highest BCUT2D eigenvalue weighted by Crippen LogP contribution is 2.21. The molecule has 9 nitrogen and oxygen atoms in total. The average Bonchev–Trinajstić information content (AvgIpc) is 2.67. The molecule has 0 fully saturated rings. The standard InChI is InChI=1S/C12H16N2O3.C11H14N2O2/c1-12(2,3)17-11(16)14-10-7-5-4-6-9(10)13-8-15;1-2-3-11(14)15-7-8-4-9(12)6-10(13)5-8/h4-8H,1-3H3,(H,13,15)(H,14,16);2-6H,7,12-13H2,1H3/b;3-2+. The summed E-state index contributed by atoms with van der Waals surface area (Å²) >= 11 is 0. The molecular weight excluding hydrogens is 412 g/mol. The third-order valence-corrected chi connectivity index (χ3v) is 3.50. The zero-order valence-corrected chi connectivity index (χ0v) is 18.7. The van der Waals surface area contributed by atoms with Crippen LogP contribution in [0.15, 0.2) is 54.6 Å². The van der Waals surface area contributed by atoms with Crippen LogP contribution in [0, 0.1) is 0 Å². The van der Waals surface area contributed by atoms with Gasteiger partial charge in [0.05, 0.1) is 11.4 Å². The van der Waals surface area contributed by atoms with E-state index in [4.69, 9.17) is 20.9 Å². The van der Waals surface area contributed by atoms with Crippen LogP contribution in [0.1, 0.15) is 33.3 Å². The topological polar surface area (TPSA) is 146 Å². The summed E-state index contributed by atoms with van der Waals surface area (Å²) < 4.78 is 10.1. The zero-order chi connectivity index (χ0) is 24.1. The van der Waals surface area contributed by atoms with Crippen LogP contribution in [0.25, 0.3) is 0 Å². The van der Waals surface area contributed by atoms with Gasteiger partial charge in [-0.1, -0.05) is 18.2 Å². The van der Waals surface area contributed by atoms with Crippen LogP contribution in [0.3, 0.4) is 0 Å². The van der Waals surface area contributed by atoms with Gasteiger partial charge >= 0.3 is 12.1 Å². The van der Waals surface area contributed by atoms with E-state index in [-0.39, 0.29) is 12.6 Å². The normalized spacial score (nSPS) is 10.5. The van der Waals surface area contributed by atoms with Crippen molar-refractivity contribution in [3.8, 4) is 0 Å². The van der Waals surface area contributed by atoms with Gasteiger partial charge in [0, 0.05) is 17.5 Å². The van der Waals surface area contributed by atoms with Crippen molar-refractivity contribution in [2.45, 2.75) is 39.9 Å². The summed E-state index contributed by atoms with van der Waals surface area (Å²) in [6.45, 7) is 7.27. The summed E-state index contributed by atoms with van der Waals surface area (Å²) in [5.41, 5.74) is 13.5. The van der Waals surface area contributed by atoms with Gasteiger partial charge in [-0.2, -0.15) is 0 Å². The van der Waals surface area contributed by atoms with Gasteiger partial charge in [-0.15, -0.1) is 0 Å². The summed E-state index contributed by atoms with van der Waals surface area (Å²) in [5, 5.41) is 5.06. The molecule has 2 aromatic carbocycles. The van der Waals surface area contributed by atoms with Gasteiger partial charge in [-0.05, 0) is 63.6 Å². The number of carbonyl (C=O) groups excluding carboxylic acids is 3. The van der Waals surface area contributed by atoms with Gasteiger partial charge in [-0.25, -0.2) is 9.59 Å². The van der Waals surface area contributed by atoms with Crippen molar-refractivity contribution in [3.05, 3.63) is 60.2 Å². The second kappa shape index (κ2) is 12.6. The Morgan fingerprint density at radius 2 is 1.62 bits per heavy atom. The Kier molecular flexibility index (Phi) is 10.3. The summed E-state index contributed by atoms with van der Waals surface area (Å²) in [4.78, 5) is 32.9. The van der Waals surface area contributed by atoms with Crippen molar-refractivity contribution in [1.82, 2.24) is 0 Å². The van der Waals surface area contributed by atoms with Crippen molar-refractivity contribution < 1.29 is 23.9 Å². The van der Waals surface area contributed by atoms with E-state index in [1.165, 1.54) is 6.08 Å². The quantitative estimate of drug-likeness (QED) is 0.228. The first-order valence-corrected chi connectivity index (χ1v) is 9.77. The number of nitrogen functional groups attached to an aromatic ring is 2. The molecule has 0 aliphatic heterocycles. The van der Waals surface area contributed by atoms with Crippen molar-refractivity contribution >= 4 is 41.2 Å². The maximum atomic E-state index is 11.5. The third kappa shape index (κ3) is 10.7. The van der Waals surface area contributed by atoms with Crippen LogP contribution in [0.5, 0.6) is 0 Å². The molecule has 2 aromatic rings. The minimum atomic E-state index is -0.558. The number of rotatable bonds is 6. The van der Waals surface area contributed by atoms with Gasteiger partial charge in [0.1, 0.15) is 12.2 Å². The van der Waals surface area contributed by atoms with Crippen LogP contribution >= 0.6 is 0 Å². The number of para-hydroxylation sites is 2. The zero-order valence-electron chi connectivity index (χ0n) is 18.7. The van der Waals surface area contributed by atoms with E-state index in [0.29, 0.717) is 29.2 Å². The van der Waals surface area contributed by atoms with E-state index in [1.807, 2.05) is 0 Å². The molecule has 0 saturated carbocycles. The Morgan fingerprint density at radius 3 is 2.16 bits per heavy atom. The third-order valence-electron chi connectivity index (χ3n) is 3.50. The van der Waals surface area contributed by atoms with Crippen LogP contribution in [-0.4, -0.2) is 24.1 Å². The monoisotopic (exact) mass is 442 g/mol. The summed E-state index contributed by atoms with van der Waals surface area (Å²) in [5.74, 6) is -0.376. The van der Waals surface area contributed by atoms with Crippen LogP contribution in [-0.2, 0) is 25.7 Å². The largest absolute Gasteiger partial charge is 0.458 e. The number of carbonyl (C=O) groups is 3. The molecule has 9 heteroatoms. The Balaban J connectivity index is 0.000000323. The number of allylic oxidation sites excluding steroid dienone is 1. The van der Waals surface area contributed by atoms with Crippen molar-refractivity contribution in [2.75, 3.05) is 22.1 Å². The number of ether oxygens (including phenoxy) is 2. The molecule has 2 amide bonds. The Morgan fingerprint density at radius 1 is 1.03 bits per heavy atom. The fourth-order valence-corrected chi connectivity index (χ4v) is 2.36. The molecule has 0 aliphatic carbocycles. The van der Waals surface area contributed by atoms with Crippen molar-refractivity contribution in [1.29, 1.82) is 0 Å². The van der Waals surface area contributed by atoms with E-state index in [0.717, 1.165) is 5.56 Å². The highest BCUT2D eigenvalue weighted by molar-refractivity contribution is 5.92. The number of amides is 2. The van der Waals surface area contributed by atoms with E-state index in [9.17, 15) is 14.4 Å². The van der Waals surface area contributed by atoms with Gasteiger partial charge < -0.3 is 26.3 Å². The second-order valence-corrected chi connectivity index (χ2v) is 7.55. The molecule has 0 spiro atoms. The molecule has 0 bridgehead atoms. The van der Waals surface area contributed by atoms with Crippen LogP contribution in [0.2, 0.25) is 0 Å². The summed E-state index contributed by atoms with van der Waals surface area (Å²) in [7, 11) is 0. The molecule has 0 radical (unpaired) electrons. The number of hydrogen-bond acceptors (Lipinski definition) is 7. The maximum Gasteiger partial charge on any atom is 0.412 e. The summed E-state index contributed by atoms with van der Waals surface area (Å²) in [6, 6.07) is 12.0. The first kappa shape index (κ1) is 26.0. The number of benzene rings is 2. The fourth-order valence-electron chi connectivity index (χ4n) is 2.36. The first-order chi connectivity index (χ1) is 15.0. The molecule has 0 aromatic heterocycles. The average molecular weight is 443 g/mol. The van der Waals surface area contributed by atoms with Crippen molar-refractivity contribution in [2.24, 2.45) is 0 Å². The SMILES string of the molecule is C/C=C/C(=O)OCc1cc(N)cc(N)c1.CC(C)(C)OC(=O)Nc1ccccc1NC=O. The lowest BCUT2D eigenvalue weighted by Gasteiger charge is -2.20. The molecule has 32 heavy (non-hydrogen) atoms. The summed E-state index contributed by atoms with van der Waals surface area (Å²) in [6.07, 6.45) is 2.97. The number of anilines is 4. The second-order valence-electron chi connectivity index (χ2n) is 7.55. The molecule has 2 rings (SSSR count). The predicted molar refractivity (Wildman–Crippen MR) is 126 cm³/mol. The first-order valence-electron chi connectivity index (χ1n) is 9.77. The van der Waals surface area contributed by atoms with Crippen LogP contribution in [0.4, 0.5) is 27.5 Å². The lowest BCUT2D eigenvalue weighted by Crippen LogP contribution is -2.27. The van der Waals surface area contributed by atoms with Crippen molar-refractivity contribution in [3.63, 3.8) is 0 Å². The Labute approximate surface area is 187 Å². The van der Waals surface area contributed by atoms with Gasteiger partial charge in [0.25, 0.3) is 0 Å². The molecule has 0 heterocycles. The Bertz CT molecular complexity index is 931. The van der Waals surface area contributed by atoms with E-state index >= 15 is 0 Å². The number of esters is 1. The fraction of sp³-hybridized carbons (Fsp3) is 0.261. The van der Waals surface area contributed by atoms with Crippen LogP contribution < -0.4 is 22.1 Å². The lowest BCUT2D eigenvalue weighted by molar-refractivity contribution is -0.139. The molecule has 172 valence electrons. The van der Waals surface area contributed by atoms with Gasteiger partial charge in [0.2, 0.25) is 6.41 Å². The minimum absolute atomic E-state index is 0.179. The number of nitrogens with two attached hydrogens (primary N) is 2. The van der Waals surface area contributed by atoms with Gasteiger partial charge in [0.15, 0.2) is 0 Å². The number of hydrogen-bond donors (Lipinski definition) is 4. The van der Waals surface area contributed by atoms with Gasteiger partial charge in [-0.3, -0.25) is 10.1 Å². The molecule has 0 aliphatic rings. The Hall–Kier alpha value is -4.01. The van der Waals surface area contributed by atoms with E-state index in [2.05, 4.69) is 10.6 Å². The van der Waals surface area contributed by atoms with E-state index < -0.39 is 11.7 Å². The molecule has 6 N–H and O–H groups in total. The molecular formula is C23H30N4O5.